The van der Waals surface area contributed by atoms with E-state index in [0.717, 1.165) is 0 Å². The monoisotopic (exact) mass is 305 g/mol. The highest BCUT2D eigenvalue weighted by Gasteiger charge is 1.82. The number of rotatable bonds is 0. The Bertz CT molecular complexity index is 347. The molecule has 0 spiro atoms. The molecule has 16 heavy (non-hydrogen) atoms. The van der Waals surface area contributed by atoms with Gasteiger partial charge in [0.25, 0.3) is 30.4 Å². The Hall–Kier alpha value is -0.310. The van der Waals surface area contributed by atoms with Crippen LogP contribution < -0.4 is 6.15 Å². The molecule has 0 unspecified atom stereocenters. The topological polar surface area (TPSA) is 198 Å². The minimum atomic E-state index is -3.67. The molecule has 0 saturated carbocycles. The second-order valence-corrected chi connectivity index (χ2v) is 6.60. The van der Waals surface area contributed by atoms with E-state index in [0.29, 0.717) is 18.8 Å². The molecule has 0 atom stereocenters. The zero-order valence-electron chi connectivity index (χ0n) is 8.72. The Morgan fingerprint density at radius 1 is 0.562 bits per heavy atom. The summed E-state index contributed by atoms with van der Waals surface area (Å²) in [5, 5.41) is 0. The average Bonchev–Trinajstić information content (AvgIpc) is 1.41. The SMILES string of the molecule is CS(=O)(=O)O.CS(=O)(=O)O.CS(=O)(=O)O.N. The summed E-state index contributed by atoms with van der Waals surface area (Å²) in [6, 6.07) is 0. The molecule has 0 bridgehead atoms. The van der Waals surface area contributed by atoms with Crippen molar-refractivity contribution in [2.45, 2.75) is 0 Å². The van der Waals surface area contributed by atoms with Crippen LogP contribution in [-0.4, -0.2) is 57.7 Å². The second kappa shape index (κ2) is 8.80. The Morgan fingerprint density at radius 2 is 0.562 bits per heavy atom. The Labute approximate surface area is 94.5 Å². The maximum Gasteiger partial charge on any atom is 0.261 e. The van der Waals surface area contributed by atoms with Gasteiger partial charge in [0, 0.05) is 0 Å². The van der Waals surface area contributed by atoms with E-state index in [1.54, 1.807) is 0 Å². The normalized spacial score (nSPS) is 10.9. The van der Waals surface area contributed by atoms with Crippen LogP contribution in [0.1, 0.15) is 0 Å². The zero-order valence-corrected chi connectivity index (χ0v) is 11.2. The van der Waals surface area contributed by atoms with E-state index in [-0.39, 0.29) is 6.15 Å². The van der Waals surface area contributed by atoms with Crippen molar-refractivity contribution < 1.29 is 38.9 Å². The van der Waals surface area contributed by atoms with Crippen molar-refractivity contribution in [3.05, 3.63) is 0 Å². The van der Waals surface area contributed by atoms with E-state index in [1.807, 2.05) is 0 Å². The molecule has 0 aromatic rings. The van der Waals surface area contributed by atoms with Gasteiger partial charge in [0.1, 0.15) is 0 Å². The Balaban J connectivity index is -0.0000000655. The van der Waals surface area contributed by atoms with Gasteiger partial charge in [-0.25, -0.2) is 0 Å². The first-order chi connectivity index (χ1) is 6.00. The van der Waals surface area contributed by atoms with Crippen LogP contribution in [0.15, 0.2) is 0 Å². The lowest BCUT2D eigenvalue weighted by Gasteiger charge is -1.69. The van der Waals surface area contributed by atoms with Crippen LogP contribution in [0.25, 0.3) is 0 Å². The van der Waals surface area contributed by atoms with Crippen LogP contribution >= 0.6 is 0 Å². The molecule has 13 heteroatoms. The lowest BCUT2D eigenvalue weighted by molar-refractivity contribution is 0.488. The zero-order chi connectivity index (χ0) is 13.5. The third-order valence-corrected chi connectivity index (χ3v) is 0. The Morgan fingerprint density at radius 3 is 0.562 bits per heavy atom. The highest BCUT2D eigenvalue weighted by molar-refractivity contribution is 7.85. The molecular formula is C3H15NO9S3. The molecule has 0 aromatic heterocycles. The fraction of sp³-hybridized carbons (Fsp3) is 1.00. The first kappa shape index (κ1) is 24.8. The summed E-state index contributed by atoms with van der Waals surface area (Å²) in [7, 11) is -11.0. The fourth-order valence-corrected chi connectivity index (χ4v) is 0. The minimum absolute atomic E-state index is 0. The summed E-state index contributed by atoms with van der Waals surface area (Å²) in [6.07, 6.45) is 2.15. The van der Waals surface area contributed by atoms with Crippen molar-refractivity contribution in [3.63, 3.8) is 0 Å². The van der Waals surface area contributed by atoms with Gasteiger partial charge >= 0.3 is 0 Å². The highest BCUT2D eigenvalue weighted by Crippen LogP contribution is 1.61. The quantitative estimate of drug-likeness (QED) is 0.389. The summed E-state index contributed by atoms with van der Waals surface area (Å²) in [5.41, 5.74) is 0. The molecule has 0 aliphatic rings. The van der Waals surface area contributed by atoms with Crippen molar-refractivity contribution >= 4 is 30.4 Å². The summed E-state index contributed by atoms with van der Waals surface area (Å²) in [4.78, 5) is 0. The molecule has 0 rings (SSSR count). The van der Waals surface area contributed by atoms with Gasteiger partial charge in [-0.3, -0.25) is 13.7 Å². The lowest BCUT2D eigenvalue weighted by atomic mass is 12.0. The number of hydrogen-bond acceptors (Lipinski definition) is 7. The third kappa shape index (κ3) is 22900. The molecule has 0 aliphatic heterocycles. The fourth-order valence-electron chi connectivity index (χ4n) is 0. The van der Waals surface area contributed by atoms with E-state index >= 15 is 0 Å². The maximum absolute atomic E-state index is 9.19. The first-order valence-corrected chi connectivity index (χ1v) is 8.32. The number of hydrogen-bond donors (Lipinski definition) is 4. The molecule has 0 saturated heterocycles. The molecule has 0 aliphatic carbocycles. The molecule has 10 nitrogen and oxygen atoms in total. The van der Waals surface area contributed by atoms with Crippen LogP contribution in [0.4, 0.5) is 0 Å². The van der Waals surface area contributed by atoms with E-state index in [4.69, 9.17) is 13.7 Å². The van der Waals surface area contributed by atoms with Crippen LogP contribution in [0.5, 0.6) is 0 Å². The van der Waals surface area contributed by atoms with Gasteiger partial charge in [-0.15, -0.1) is 0 Å². The summed E-state index contributed by atoms with van der Waals surface area (Å²) >= 11 is 0. The van der Waals surface area contributed by atoms with Crippen LogP contribution in [-0.2, 0) is 30.4 Å². The lowest BCUT2D eigenvalue weighted by Crippen LogP contribution is -1.88. The van der Waals surface area contributed by atoms with Crippen LogP contribution in [0, 0.1) is 0 Å². The summed E-state index contributed by atoms with van der Waals surface area (Å²) in [5.74, 6) is 0. The molecule has 0 amide bonds. The third-order valence-electron chi connectivity index (χ3n) is 0. The van der Waals surface area contributed by atoms with Crippen LogP contribution in [0.2, 0.25) is 0 Å². The van der Waals surface area contributed by atoms with E-state index in [2.05, 4.69) is 0 Å². The van der Waals surface area contributed by atoms with Crippen molar-refractivity contribution in [1.29, 1.82) is 0 Å². The van der Waals surface area contributed by atoms with Gasteiger partial charge < -0.3 is 6.15 Å². The van der Waals surface area contributed by atoms with Gasteiger partial charge in [-0.05, 0) is 0 Å². The maximum atomic E-state index is 9.19. The van der Waals surface area contributed by atoms with Gasteiger partial charge in [0.05, 0.1) is 18.8 Å². The van der Waals surface area contributed by atoms with Crippen molar-refractivity contribution in [2.75, 3.05) is 18.8 Å². The second-order valence-electron chi connectivity index (χ2n) is 2.20. The molecule has 104 valence electrons. The Kier molecular flexibility index (Phi) is 13.6. The molecule has 0 fully saturated rings. The van der Waals surface area contributed by atoms with Gasteiger partial charge in [-0.2, -0.15) is 25.3 Å². The predicted octanol–water partition coefficient (Wildman–Crippen LogP) is -1.33. The minimum Gasteiger partial charge on any atom is -0.344 e. The summed E-state index contributed by atoms with van der Waals surface area (Å²) in [6.45, 7) is 0. The first-order valence-electron chi connectivity index (χ1n) is 2.77. The predicted molar refractivity (Wildman–Crippen MR) is 57.4 cm³/mol. The van der Waals surface area contributed by atoms with Gasteiger partial charge in [0.15, 0.2) is 0 Å². The standard InChI is InChI=1S/3CH4O3S.H3N/c3*1-5(2,3)4;/h3*1H3,(H,2,3,4);1H3. The van der Waals surface area contributed by atoms with Crippen molar-refractivity contribution in [2.24, 2.45) is 0 Å². The van der Waals surface area contributed by atoms with Crippen LogP contribution in [0.3, 0.4) is 0 Å². The largest absolute Gasteiger partial charge is 0.344 e. The smallest absolute Gasteiger partial charge is 0.261 e. The van der Waals surface area contributed by atoms with E-state index < -0.39 is 30.4 Å². The molecule has 6 N–H and O–H groups in total. The van der Waals surface area contributed by atoms with Gasteiger partial charge in [-0.1, -0.05) is 0 Å². The van der Waals surface area contributed by atoms with Gasteiger partial charge in [0.2, 0.25) is 0 Å². The highest BCUT2D eigenvalue weighted by atomic mass is 32.2. The molecular weight excluding hydrogens is 290 g/mol. The average molecular weight is 305 g/mol. The molecule has 0 heterocycles. The molecule has 0 radical (unpaired) electrons. The van der Waals surface area contributed by atoms with E-state index in [1.165, 1.54) is 0 Å². The van der Waals surface area contributed by atoms with Crippen molar-refractivity contribution in [3.8, 4) is 0 Å². The summed E-state index contributed by atoms with van der Waals surface area (Å²) < 4.78 is 77.6. The molecule has 0 aromatic carbocycles. The van der Waals surface area contributed by atoms with E-state index in [9.17, 15) is 25.3 Å². The van der Waals surface area contributed by atoms with Crippen molar-refractivity contribution in [1.82, 2.24) is 6.15 Å².